The molecule has 0 radical (unpaired) electrons. The Kier molecular flexibility index (Phi) is 5.06. The van der Waals surface area contributed by atoms with E-state index < -0.39 is 0 Å². The van der Waals surface area contributed by atoms with Gasteiger partial charge in [-0.1, -0.05) is 6.92 Å². The van der Waals surface area contributed by atoms with Crippen LogP contribution in [0.5, 0.6) is 0 Å². The summed E-state index contributed by atoms with van der Waals surface area (Å²) >= 11 is 0. The molecule has 1 aromatic heterocycles. The van der Waals surface area contributed by atoms with Crippen molar-refractivity contribution in [2.24, 2.45) is 0 Å². The molecule has 0 spiro atoms. The zero-order valence-electron chi connectivity index (χ0n) is 13.0. The van der Waals surface area contributed by atoms with E-state index in [9.17, 15) is 0 Å². The van der Waals surface area contributed by atoms with Gasteiger partial charge in [0.15, 0.2) is 0 Å². The summed E-state index contributed by atoms with van der Waals surface area (Å²) < 4.78 is 2.40. The van der Waals surface area contributed by atoms with Crippen LogP contribution in [0.2, 0.25) is 0 Å². The highest BCUT2D eigenvalue weighted by atomic mass is 15.1. The van der Waals surface area contributed by atoms with Crippen LogP contribution in [0.4, 0.5) is 0 Å². The second-order valence-electron chi connectivity index (χ2n) is 5.73. The molecule has 2 heterocycles. The first-order valence-corrected chi connectivity index (χ1v) is 7.77. The Bertz CT molecular complexity index is 400. The minimum absolute atomic E-state index is 0.701. The molecule has 1 aromatic rings. The fourth-order valence-electron chi connectivity index (χ4n) is 3.25. The van der Waals surface area contributed by atoms with Crippen LogP contribution < -0.4 is 5.32 Å². The molecule has 2 rings (SSSR count). The maximum atomic E-state index is 3.75. The summed E-state index contributed by atoms with van der Waals surface area (Å²) in [5, 5.41) is 3.75. The Morgan fingerprint density at radius 2 is 1.84 bits per heavy atom. The number of piperidine rings is 1. The average Bonchev–Trinajstić information content (AvgIpc) is 2.71. The second kappa shape index (κ2) is 6.58. The predicted molar refractivity (Wildman–Crippen MR) is 81.6 cm³/mol. The van der Waals surface area contributed by atoms with Crippen LogP contribution in [-0.2, 0) is 13.1 Å². The zero-order chi connectivity index (χ0) is 13.8. The van der Waals surface area contributed by atoms with Crippen molar-refractivity contribution < 1.29 is 0 Å². The molecule has 1 saturated heterocycles. The quantitative estimate of drug-likeness (QED) is 0.881. The third kappa shape index (κ3) is 3.40. The van der Waals surface area contributed by atoms with E-state index in [2.05, 4.69) is 48.5 Å². The molecule has 0 amide bonds. The molecule has 0 bridgehead atoms. The van der Waals surface area contributed by atoms with Gasteiger partial charge in [-0.05, 0) is 64.9 Å². The van der Waals surface area contributed by atoms with Crippen molar-refractivity contribution in [3.63, 3.8) is 0 Å². The van der Waals surface area contributed by atoms with Gasteiger partial charge in [0.2, 0.25) is 0 Å². The van der Waals surface area contributed by atoms with Crippen molar-refractivity contribution in [2.75, 3.05) is 19.6 Å². The highest BCUT2D eigenvalue weighted by molar-refractivity contribution is 5.26. The van der Waals surface area contributed by atoms with E-state index in [-0.39, 0.29) is 0 Å². The Balaban J connectivity index is 1.86. The normalized spacial score (nSPS) is 18.1. The smallest absolute Gasteiger partial charge is 0.0225 e. The van der Waals surface area contributed by atoms with Crippen molar-refractivity contribution in [1.82, 2.24) is 14.8 Å². The minimum atomic E-state index is 0.701. The van der Waals surface area contributed by atoms with E-state index in [1.165, 1.54) is 49.4 Å². The number of likely N-dealkylation sites (tertiary alicyclic amines) is 1. The maximum absolute atomic E-state index is 3.75. The lowest BCUT2D eigenvalue weighted by Crippen LogP contribution is -2.42. The van der Waals surface area contributed by atoms with Crippen LogP contribution in [0, 0.1) is 13.8 Å². The molecule has 1 fully saturated rings. The van der Waals surface area contributed by atoms with Crippen LogP contribution in [0.3, 0.4) is 0 Å². The molecular formula is C16H29N3. The molecule has 0 unspecified atom stereocenters. The molecule has 3 nitrogen and oxygen atoms in total. The molecule has 0 saturated carbocycles. The monoisotopic (exact) mass is 263 g/mol. The Hall–Kier alpha value is -0.800. The highest BCUT2D eigenvalue weighted by Gasteiger charge is 2.18. The molecule has 3 heteroatoms. The third-order valence-corrected chi connectivity index (χ3v) is 4.61. The molecule has 19 heavy (non-hydrogen) atoms. The predicted octanol–water partition coefficient (Wildman–Crippen LogP) is 2.70. The number of nitrogens with zero attached hydrogens (tertiary/aromatic N) is 2. The van der Waals surface area contributed by atoms with Gasteiger partial charge < -0.3 is 14.8 Å². The average molecular weight is 263 g/mol. The summed E-state index contributed by atoms with van der Waals surface area (Å²) in [6, 6.07) is 3.04. The third-order valence-electron chi connectivity index (χ3n) is 4.61. The first kappa shape index (κ1) is 14.6. The molecular weight excluding hydrogens is 234 g/mol. The summed E-state index contributed by atoms with van der Waals surface area (Å²) in [6.45, 7) is 14.7. The fraction of sp³-hybridized carbons (Fsp3) is 0.750. The van der Waals surface area contributed by atoms with Gasteiger partial charge in [0.1, 0.15) is 0 Å². The maximum Gasteiger partial charge on any atom is 0.0225 e. The lowest BCUT2D eigenvalue weighted by Gasteiger charge is -2.31. The summed E-state index contributed by atoms with van der Waals surface area (Å²) in [5.41, 5.74) is 4.29. The standard InChI is InChI=1S/C16H29N3/c1-5-18-9-7-16(8-10-18)17-12-15-11-13(3)19(6-2)14(15)4/h11,16-17H,5-10,12H2,1-4H3. The van der Waals surface area contributed by atoms with Gasteiger partial charge in [0, 0.05) is 30.5 Å². The van der Waals surface area contributed by atoms with Crippen LogP contribution in [-0.4, -0.2) is 35.1 Å². The molecule has 0 atom stereocenters. The van der Waals surface area contributed by atoms with Crippen LogP contribution in [0.25, 0.3) is 0 Å². The molecule has 1 aliphatic heterocycles. The summed E-state index contributed by atoms with van der Waals surface area (Å²) in [6.07, 6.45) is 2.58. The van der Waals surface area contributed by atoms with E-state index in [1.54, 1.807) is 0 Å². The van der Waals surface area contributed by atoms with Crippen molar-refractivity contribution in [1.29, 1.82) is 0 Å². The van der Waals surface area contributed by atoms with Crippen molar-refractivity contribution in [3.8, 4) is 0 Å². The van der Waals surface area contributed by atoms with E-state index in [0.29, 0.717) is 6.04 Å². The molecule has 1 N–H and O–H groups in total. The van der Waals surface area contributed by atoms with E-state index in [1.807, 2.05) is 0 Å². The number of rotatable bonds is 5. The largest absolute Gasteiger partial charge is 0.349 e. The Morgan fingerprint density at radius 3 is 2.37 bits per heavy atom. The van der Waals surface area contributed by atoms with Gasteiger partial charge >= 0.3 is 0 Å². The summed E-state index contributed by atoms with van der Waals surface area (Å²) in [5.74, 6) is 0. The first-order chi connectivity index (χ1) is 9.15. The number of hydrogen-bond acceptors (Lipinski definition) is 2. The van der Waals surface area contributed by atoms with Crippen LogP contribution in [0.1, 0.15) is 43.6 Å². The summed E-state index contributed by atoms with van der Waals surface area (Å²) in [7, 11) is 0. The van der Waals surface area contributed by atoms with Crippen LogP contribution >= 0.6 is 0 Å². The van der Waals surface area contributed by atoms with Gasteiger partial charge in [-0.25, -0.2) is 0 Å². The fourth-order valence-corrected chi connectivity index (χ4v) is 3.25. The summed E-state index contributed by atoms with van der Waals surface area (Å²) in [4.78, 5) is 2.54. The first-order valence-electron chi connectivity index (χ1n) is 7.77. The number of hydrogen-bond donors (Lipinski definition) is 1. The van der Waals surface area contributed by atoms with Crippen molar-refractivity contribution in [2.45, 2.75) is 59.7 Å². The lowest BCUT2D eigenvalue weighted by atomic mass is 10.0. The SMILES string of the molecule is CCN1CCC(NCc2cc(C)n(CC)c2C)CC1. The van der Waals surface area contributed by atoms with Gasteiger partial charge in [0.05, 0.1) is 0 Å². The number of aromatic nitrogens is 1. The molecule has 1 aliphatic rings. The van der Waals surface area contributed by atoms with Gasteiger partial charge in [-0.3, -0.25) is 0 Å². The van der Waals surface area contributed by atoms with Crippen molar-refractivity contribution in [3.05, 3.63) is 23.0 Å². The van der Waals surface area contributed by atoms with E-state index in [4.69, 9.17) is 0 Å². The zero-order valence-corrected chi connectivity index (χ0v) is 13.0. The Labute approximate surface area is 118 Å². The van der Waals surface area contributed by atoms with E-state index >= 15 is 0 Å². The molecule has 108 valence electrons. The van der Waals surface area contributed by atoms with Gasteiger partial charge in [-0.15, -0.1) is 0 Å². The van der Waals surface area contributed by atoms with Crippen molar-refractivity contribution >= 4 is 0 Å². The molecule has 0 aliphatic carbocycles. The minimum Gasteiger partial charge on any atom is -0.349 e. The van der Waals surface area contributed by atoms with Gasteiger partial charge in [0.25, 0.3) is 0 Å². The van der Waals surface area contributed by atoms with Crippen LogP contribution in [0.15, 0.2) is 6.07 Å². The number of nitrogens with one attached hydrogen (secondary N) is 1. The highest BCUT2D eigenvalue weighted by Crippen LogP contribution is 2.16. The lowest BCUT2D eigenvalue weighted by molar-refractivity contribution is 0.206. The van der Waals surface area contributed by atoms with Gasteiger partial charge in [-0.2, -0.15) is 0 Å². The molecule has 0 aromatic carbocycles. The Morgan fingerprint density at radius 1 is 1.16 bits per heavy atom. The second-order valence-corrected chi connectivity index (χ2v) is 5.73. The topological polar surface area (TPSA) is 20.2 Å². The number of aryl methyl sites for hydroxylation is 1. The van der Waals surface area contributed by atoms with E-state index in [0.717, 1.165) is 13.1 Å².